The number of fused-ring (bicyclic) bond motifs is 2. The molecule has 0 bridgehead atoms. The van der Waals surface area contributed by atoms with E-state index in [4.69, 9.17) is 14.9 Å². The number of nitro groups is 2. The monoisotopic (exact) mass is 782 g/mol. The average molecular weight is 783 g/mol. The number of hydrogen-bond donors (Lipinski definition) is 2. The average Bonchev–Trinajstić information content (AvgIpc) is 3.79. The molecular weight excluding hydrogens is 745 g/mol. The number of ether oxygens (including phenoxy) is 1. The van der Waals surface area contributed by atoms with Crippen LogP contribution < -0.4 is 0 Å². The first kappa shape index (κ1) is 41.8. The smallest absolute Gasteiger partial charge is 0.331 e. The molecule has 2 aliphatic carbocycles. The summed E-state index contributed by atoms with van der Waals surface area (Å²) >= 11 is 3.03. The van der Waals surface area contributed by atoms with Gasteiger partial charge in [-0.25, -0.2) is 19.6 Å². The summed E-state index contributed by atoms with van der Waals surface area (Å²) in [4.78, 5) is 51.6. The third kappa shape index (κ3) is 14.4. The lowest BCUT2D eigenvalue weighted by molar-refractivity contribution is -0.523. The molecule has 2 aliphatic rings. The van der Waals surface area contributed by atoms with Crippen molar-refractivity contribution in [3.63, 3.8) is 0 Å². The number of aliphatic carboxylic acids is 1. The maximum atomic E-state index is 11.9. The van der Waals surface area contributed by atoms with E-state index in [1.165, 1.54) is 23.5 Å². The summed E-state index contributed by atoms with van der Waals surface area (Å²) in [5.41, 5.74) is 3.38. The molecule has 2 N–H and O–H groups in total. The lowest BCUT2D eigenvalue weighted by Gasteiger charge is -2.14. The van der Waals surface area contributed by atoms with E-state index in [0.717, 1.165) is 42.7 Å². The molecule has 4 atom stereocenters. The summed E-state index contributed by atoms with van der Waals surface area (Å²) in [7, 11) is 0. The van der Waals surface area contributed by atoms with Crippen LogP contribution >= 0.6 is 22.7 Å². The van der Waals surface area contributed by atoms with E-state index in [2.05, 4.69) is 33.6 Å². The number of carboxylic acids is 1. The van der Waals surface area contributed by atoms with Gasteiger partial charge in [0.1, 0.15) is 6.10 Å². The van der Waals surface area contributed by atoms with Crippen LogP contribution in [0.1, 0.15) is 62.4 Å². The van der Waals surface area contributed by atoms with Crippen LogP contribution in [0.15, 0.2) is 96.1 Å². The quantitative estimate of drug-likeness (QED) is 0.0627. The Morgan fingerprint density at radius 3 is 1.75 bits per heavy atom. The number of aromatic nitrogens is 2. The first-order valence-corrected chi connectivity index (χ1v) is 18.9. The molecule has 4 aromatic rings. The van der Waals surface area contributed by atoms with Crippen molar-refractivity contribution in [3.05, 3.63) is 126 Å². The van der Waals surface area contributed by atoms with Gasteiger partial charge in [-0.3, -0.25) is 20.2 Å². The van der Waals surface area contributed by atoms with Gasteiger partial charge >= 0.3 is 11.9 Å². The first-order valence-electron chi connectivity index (χ1n) is 17.2. The highest BCUT2D eigenvalue weighted by molar-refractivity contribution is 7.19. The fraction of sp³-hybridized carbons (Fsp3) is 0.300. The topological polar surface area (TPSA) is 196 Å². The summed E-state index contributed by atoms with van der Waals surface area (Å²) in [6.45, 7) is 3.33. The summed E-state index contributed by atoms with van der Waals surface area (Å²) in [5.74, 6) is 9.76. The predicted molar refractivity (Wildman–Crippen MR) is 212 cm³/mol. The molecule has 6 rings (SSSR count). The maximum Gasteiger partial charge on any atom is 0.331 e. The molecule has 0 fully saturated rings. The highest BCUT2D eigenvalue weighted by Gasteiger charge is 2.24. The fourth-order valence-corrected chi connectivity index (χ4v) is 6.90. The minimum absolute atomic E-state index is 0.265. The third-order valence-corrected chi connectivity index (χ3v) is 9.78. The molecule has 15 heteroatoms. The van der Waals surface area contributed by atoms with Gasteiger partial charge < -0.3 is 14.9 Å². The van der Waals surface area contributed by atoms with Crippen LogP contribution in [0.25, 0.3) is 20.4 Å². The Morgan fingerprint density at radius 1 is 0.818 bits per heavy atom. The zero-order chi connectivity index (χ0) is 39.7. The van der Waals surface area contributed by atoms with Crippen molar-refractivity contribution in [3.8, 4) is 23.7 Å². The van der Waals surface area contributed by atoms with E-state index in [9.17, 15) is 29.8 Å². The number of para-hydroxylation sites is 2. The summed E-state index contributed by atoms with van der Waals surface area (Å²) in [6, 6.07) is 14.5. The van der Waals surface area contributed by atoms with Crippen molar-refractivity contribution in [2.75, 3.05) is 0 Å². The number of thiazole rings is 2. The molecular formula is C40H38N4O9S2. The molecule has 0 saturated carbocycles. The second-order valence-electron chi connectivity index (χ2n) is 12.3. The maximum absolute atomic E-state index is 11.9. The fourth-order valence-electron chi connectivity index (χ4n) is 5.25. The number of hydrogen-bond acceptors (Lipinski definition) is 12. The lowest BCUT2D eigenvalue weighted by atomic mass is 9.95. The van der Waals surface area contributed by atoms with Crippen LogP contribution in [0.5, 0.6) is 0 Å². The van der Waals surface area contributed by atoms with Gasteiger partial charge in [-0.15, -0.1) is 22.7 Å². The first-order chi connectivity index (χ1) is 26.4. The van der Waals surface area contributed by atoms with Crippen LogP contribution in [0.3, 0.4) is 0 Å². The Bertz CT molecular complexity index is 2200. The normalized spacial score (nSPS) is 17.4. The number of nitrogens with zero attached hydrogens (tertiary/aromatic N) is 4. The highest BCUT2D eigenvalue weighted by Crippen LogP contribution is 2.23. The number of carbonyl (C=O) groups excluding carboxylic acids is 1. The van der Waals surface area contributed by atoms with Crippen LogP contribution in [0.4, 0.5) is 0 Å². The van der Waals surface area contributed by atoms with E-state index >= 15 is 0 Å². The van der Waals surface area contributed by atoms with Gasteiger partial charge in [0.2, 0.25) is 12.1 Å². The van der Waals surface area contributed by atoms with Gasteiger partial charge in [0.15, 0.2) is 16.1 Å². The molecule has 0 saturated heterocycles. The van der Waals surface area contributed by atoms with Gasteiger partial charge in [0, 0.05) is 47.7 Å². The van der Waals surface area contributed by atoms with Gasteiger partial charge in [0.05, 0.1) is 20.4 Å². The Morgan fingerprint density at radius 2 is 1.29 bits per heavy atom. The van der Waals surface area contributed by atoms with Crippen LogP contribution in [-0.2, 0) is 14.3 Å². The lowest BCUT2D eigenvalue weighted by Crippen LogP contribution is -2.22. The number of esters is 1. The SMILES string of the molecule is C[C@@H](O)C#Cc1nc2ccccc2s1.C[C@H](C#Cc1nc2ccccc2s1)OC(=O)/C=C/C1=CCCC([N+](=O)[O-])C1.O=C(O)/C=C/C1=CCCC([N+](=O)[O-])C1. The van der Waals surface area contributed by atoms with E-state index in [1.54, 1.807) is 31.3 Å². The highest BCUT2D eigenvalue weighted by atomic mass is 32.1. The van der Waals surface area contributed by atoms with Crippen molar-refractivity contribution in [2.45, 2.75) is 76.7 Å². The van der Waals surface area contributed by atoms with Crippen molar-refractivity contribution < 1.29 is 34.4 Å². The van der Waals surface area contributed by atoms with Crippen molar-refractivity contribution in [2.24, 2.45) is 0 Å². The van der Waals surface area contributed by atoms with Gasteiger partial charge in [0.25, 0.3) is 0 Å². The number of carboxylic acid groups (broad SMARTS) is 1. The number of allylic oxidation sites excluding steroid dienone is 4. The second kappa shape index (κ2) is 21.0. The number of carbonyl (C=O) groups is 2. The molecule has 0 spiro atoms. The standard InChI is InChI=1S/C20H18N2O4S.C11H9NOS.C9H11NO4/c1-14(9-11-19-21-17-7-2-3-8-18(17)27-19)26-20(23)12-10-15-5-4-6-16(13-15)22(24)25;1-8(13)6-7-11-12-9-4-2-3-5-10(9)14-11;11-9(12)5-4-7-2-1-3-8(6-7)10(13)14/h2-3,5,7-8,10,12,14,16H,4,6,13H2,1H3;2-5,8,13H,1H3;2,4-5,8H,1,3,6H2,(H,11,12)/b12-10+;;5-4+/t14-,16?;8-;/m11./s1. The minimum atomic E-state index is -1.03. The Kier molecular flexibility index (Phi) is 16.0. The van der Waals surface area contributed by atoms with E-state index < -0.39 is 36.2 Å². The number of rotatable bonds is 7. The largest absolute Gasteiger partial charge is 0.478 e. The number of aliphatic hydroxyl groups excluding tert-OH is 1. The third-order valence-electron chi connectivity index (χ3n) is 7.88. The van der Waals surface area contributed by atoms with Gasteiger partial charge in [-0.2, -0.15) is 0 Å². The zero-order valence-corrected chi connectivity index (χ0v) is 31.6. The molecule has 0 aliphatic heterocycles. The molecule has 13 nitrogen and oxygen atoms in total. The van der Waals surface area contributed by atoms with Gasteiger partial charge in [-0.1, -0.05) is 60.4 Å². The zero-order valence-electron chi connectivity index (χ0n) is 30.0. The van der Waals surface area contributed by atoms with E-state index in [1.807, 2.05) is 60.7 Å². The van der Waals surface area contributed by atoms with Gasteiger partial charge in [-0.05, 0) is 73.9 Å². The molecule has 2 aromatic carbocycles. The van der Waals surface area contributed by atoms with Crippen LogP contribution in [0.2, 0.25) is 0 Å². The molecule has 55 heavy (non-hydrogen) atoms. The minimum Gasteiger partial charge on any atom is -0.478 e. The summed E-state index contributed by atoms with van der Waals surface area (Å²) in [5, 5.41) is 40.1. The summed E-state index contributed by atoms with van der Waals surface area (Å²) < 4.78 is 7.41. The molecule has 0 amide bonds. The van der Waals surface area contributed by atoms with Crippen molar-refractivity contribution >= 4 is 55.0 Å². The number of aliphatic hydroxyl groups is 1. The Hall–Kier alpha value is -6.00. The second-order valence-corrected chi connectivity index (χ2v) is 14.3. The van der Waals surface area contributed by atoms with E-state index in [0.29, 0.717) is 43.5 Å². The van der Waals surface area contributed by atoms with E-state index in [-0.39, 0.29) is 9.85 Å². The van der Waals surface area contributed by atoms with Crippen LogP contribution in [-0.4, -0.2) is 66.3 Å². The number of benzene rings is 2. The molecule has 2 aromatic heterocycles. The Balaban J connectivity index is 0.000000202. The van der Waals surface area contributed by atoms with Crippen molar-refractivity contribution in [1.82, 2.24) is 9.97 Å². The van der Waals surface area contributed by atoms with Crippen molar-refractivity contribution in [1.29, 1.82) is 0 Å². The van der Waals surface area contributed by atoms with Crippen LogP contribution in [0, 0.1) is 43.9 Å². The Labute approximate surface area is 325 Å². The molecule has 2 heterocycles. The molecule has 284 valence electrons. The molecule has 2 unspecified atom stereocenters. The predicted octanol–water partition coefficient (Wildman–Crippen LogP) is 7.30. The molecule has 0 radical (unpaired) electrons. The summed E-state index contributed by atoms with van der Waals surface area (Å²) in [6.07, 6.45) is 10.9.